The SMILES string of the molecule is C[C@@H](c1ccccc1)N1CCN(S(=O)(=O)c2ccc(C(F)(F)F)cc2)CC1. The maximum atomic E-state index is 12.7. The number of sulfonamides is 1. The summed E-state index contributed by atoms with van der Waals surface area (Å²) < 4.78 is 64.8. The van der Waals surface area contributed by atoms with Crippen molar-refractivity contribution in [3.63, 3.8) is 0 Å². The second-order valence-corrected chi connectivity index (χ2v) is 8.49. The van der Waals surface area contributed by atoms with Crippen molar-refractivity contribution in [3.8, 4) is 0 Å². The van der Waals surface area contributed by atoms with Crippen LogP contribution >= 0.6 is 0 Å². The summed E-state index contributed by atoms with van der Waals surface area (Å²) in [6.45, 7) is 3.82. The van der Waals surface area contributed by atoms with Crippen LogP contribution in [0, 0.1) is 0 Å². The van der Waals surface area contributed by atoms with Crippen LogP contribution in [-0.2, 0) is 16.2 Å². The molecule has 2 aromatic carbocycles. The number of nitrogens with zero attached hydrogens (tertiary/aromatic N) is 2. The Bertz CT molecular complexity index is 860. The minimum absolute atomic E-state index is 0.111. The van der Waals surface area contributed by atoms with Crippen molar-refractivity contribution in [3.05, 3.63) is 65.7 Å². The predicted octanol–water partition coefficient (Wildman–Crippen LogP) is 3.77. The lowest BCUT2D eigenvalue weighted by molar-refractivity contribution is -0.137. The molecule has 0 aromatic heterocycles. The maximum Gasteiger partial charge on any atom is 0.416 e. The summed E-state index contributed by atoms with van der Waals surface area (Å²) in [5, 5.41) is 0. The summed E-state index contributed by atoms with van der Waals surface area (Å²) >= 11 is 0. The van der Waals surface area contributed by atoms with Crippen LogP contribution in [0.2, 0.25) is 0 Å². The van der Waals surface area contributed by atoms with Gasteiger partial charge in [0.15, 0.2) is 0 Å². The number of piperazine rings is 1. The smallest absolute Gasteiger partial charge is 0.294 e. The maximum absolute atomic E-state index is 12.7. The van der Waals surface area contributed by atoms with Crippen LogP contribution in [0.15, 0.2) is 59.5 Å². The molecule has 1 aliphatic heterocycles. The number of alkyl halides is 3. The van der Waals surface area contributed by atoms with E-state index in [4.69, 9.17) is 0 Å². The van der Waals surface area contributed by atoms with E-state index >= 15 is 0 Å². The zero-order valence-corrected chi connectivity index (χ0v) is 15.7. The van der Waals surface area contributed by atoms with Crippen LogP contribution in [0.3, 0.4) is 0 Å². The lowest BCUT2D eigenvalue weighted by atomic mass is 10.1. The average molecular weight is 398 g/mol. The van der Waals surface area contributed by atoms with Crippen molar-refractivity contribution in [1.82, 2.24) is 9.21 Å². The van der Waals surface area contributed by atoms with Crippen molar-refractivity contribution in [1.29, 1.82) is 0 Å². The molecule has 0 radical (unpaired) electrons. The van der Waals surface area contributed by atoms with Crippen molar-refractivity contribution in [2.45, 2.75) is 24.0 Å². The molecule has 4 nitrogen and oxygen atoms in total. The first kappa shape index (κ1) is 19.9. The van der Waals surface area contributed by atoms with Gasteiger partial charge in [-0.2, -0.15) is 17.5 Å². The van der Waals surface area contributed by atoms with E-state index < -0.39 is 21.8 Å². The normalized spacial score (nSPS) is 18.4. The molecule has 0 spiro atoms. The molecule has 1 aliphatic rings. The highest BCUT2D eigenvalue weighted by molar-refractivity contribution is 7.89. The minimum atomic E-state index is -4.48. The highest BCUT2D eigenvalue weighted by atomic mass is 32.2. The van der Waals surface area contributed by atoms with E-state index in [0.29, 0.717) is 26.2 Å². The molecular formula is C19H21F3N2O2S. The first-order valence-electron chi connectivity index (χ1n) is 8.66. The first-order valence-corrected chi connectivity index (χ1v) is 10.1. The van der Waals surface area contributed by atoms with E-state index in [1.54, 1.807) is 0 Å². The van der Waals surface area contributed by atoms with Gasteiger partial charge in [-0.15, -0.1) is 0 Å². The molecule has 0 saturated carbocycles. The van der Waals surface area contributed by atoms with Crippen molar-refractivity contribution < 1.29 is 21.6 Å². The van der Waals surface area contributed by atoms with E-state index in [9.17, 15) is 21.6 Å². The molecule has 0 N–H and O–H groups in total. The van der Waals surface area contributed by atoms with Gasteiger partial charge in [0.1, 0.15) is 0 Å². The Morgan fingerprint density at radius 3 is 1.96 bits per heavy atom. The number of rotatable bonds is 4. The van der Waals surface area contributed by atoms with Crippen LogP contribution in [0.4, 0.5) is 13.2 Å². The van der Waals surface area contributed by atoms with Crippen LogP contribution < -0.4 is 0 Å². The van der Waals surface area contributed by atoms with Gasteiger partial charge in [-0.3, -0.25) is 4.90 Å². The average Bonchev–Trinajstić information content (AvgIpc) is 2.67. The summed E-state index contributed by atoms with van der Waals surface area (Å²) in [6, 6.07) is 13.8. The number of benzene rings is 2. The van der Waals surface area contributed by atoms with Crippen molar-refractivity contribution in [2.24, 2.45) is 0 Å². The van der Waals surface area contributed by atoms with Gasteiger partial charge in [-0.1, -0.05) is 30.3 Å². The Morgan fingerprint density at radius 2 is 1.44 bits per heavy atom. The third-order valence-electron chi connectivity index (χ3n) is 4.92. The van der Waals surface area contributed by atoms with Gasteiger partial charge in [0.05, 0.1) is 10.5 Å². The Labute approximate surface area is 157 Å². The molecule has 0 bridgehead atoms. The van der Waals surface area contributed by atoms with E-state index in [1.807, 2.05) is 30.3 Å². The van der Waals surface area contributed by atoms with Crippen LogP contribution in [0.1, 0.15) is 24.1 Å². The molecule has 1 atom stereocenters. The second-order valence-electron chi connectivity index (χ2n) is 6.55. The quantitative estimate of drug-likeness (QED) is 0.787. The summed E-state index contributed by atoms with van der Waals surface area (Å²) in [6.07, 6.45) is -4.48. The van der Waals surface area contributed by atoms with Gasteiger partial charge in [0.2, 0.25) is 10.0 Å². The minimum Gasteiger partial charge on any atom is -0.294 e. The zero-order valence-electron chi connectivity index (χ0n) is 14.9. The Hall–Kier alpha value is -1.90. The van der Waals surface area contributed by atoms with Crippen LogP contribution in [0.25, 0.3) is 0 Å². The van der Waals surface area contributed by atoms with Gasteiger partial charge >= 0.3 is 6.18 Å². The van der Waals surface area contributed by atoms with Crippen LogP contribution in [-0.4, -0.2) is 43.8 Å². The van der Waals surface area contributed by atoms with E-state index in [1.165, 1.54) is 4.31 Å². The third-order valence-corrected chi connectivity index (χ3v) is 6.84. The fourth-order valence-corrected chi connectivity index (χ4v) is 4.66. The predicted molar refractivity (Wildman–Crippen MR) is 96.6 cm³/mol. The van der Waals surface area contributed by atoms with Crippen molar-refractivity contribution in [2.75, 3.05) is 26.2 Å². The van der Waals surface area contributed by atoms with E-state index in [-0.39, 0.29) is 10.9 Å². The molecule has 1 heterocycles. The number of hydrogen-bond acceptors (Lipinski definition) is 3. The summed E-state index contributed by atoms with van der Waals surface area (Å²) in [7, 11) is -3.80. The first-order chi connectivity index (χ1) is 12.7. The highest BCUT2D eigenvalue weighted by Crippen LogP contribution is 2.30. The highest BCUT2D eigenvalue weighted by Gasteiger charge is 2.33. The molecule has 2 aromatic rings. The zero-order chi connectivity index (χ0) is 19.7. The van der Waals surface area contributed by atoms with Gasteiger partial charge in [-0.25, -0.2) is 8.42 Å². The molecule has 1 saturated heterocycles. The van der Waals surface area contributed by atoms with E-state index in [0.717, 1.165) is 29.8 Å². The van der Waals surface area contributed by atoms with Crippen LogP contribution in [0.5, 0.6) is 0 Å². The van der Waals surface area contributed by atoms with E-state index in [2.05, 4.69) is 11.8 Å². The molecule has 146 valence electrons. The fraction of sp³-hybridized carbons (Fsp3) is 0.368. The fourth-order valence-electron chi connectivity index (χ4n) is 3.24. The van der Waals surface area contributed by atoms with Gasteiger partial charge in [0, 0.05) is 32.2 Å². The molecule has 0 aliphatic carbocycles. The Morgan fingerprint density at radius 1 is 0.889 bits per heavy atom. The second kappa shape index (κ2) is 7.61. The monoisotopic (exact) mass is 398 g/mol. The summed E-state index contributed by atoms with van der Waals surface area (Å²) in [5.41, 5.74) is 0.305. The standard InChI is InChI=1S/C19H21F3N2O2S/c1-15(16-5-3-2-4-6-16)23-11-13-24(14-12-23)27(25,26)18-9-7-17(8-10-18)19(20,21)22/h2-10,15H,11-14H2,1H3/t15-/m0/s1. The van der Waals surface area contributed by atoms with Gasteiger partial charge < -0.3 is 0 Å². The lowest BCUT2D eigenvalue weighted by Crippen LogP contribution is -2.49. The molecule has 1 fully saturated rings. The number of hydrogen-bond donors (Lipinski definition) is 0. The lowest BCUT2D eigenvalue weighted by Gasteiger charge is -2.37. The molecule has 27 heavy (non-hydrogen) atoms. The molecule has 0 amide bonds. The molecule has 3 rings (SSSR count). The summed E-state index contributed by atoms with van der Waals surface area (Å²) in [5.74, 6) is 0. The van der Waals surface area contributed by atoms with Crippen molar-refractivity contribution >= 4 is 10.0 Å². The molecule has 0 unspecified atom stereocenters. The third kappa shape index (κ3) is 4.34. The Kier molecular flexibility index (Phi) is 5.60. The number of halogens is 3. The largest absolute Gasteiger partial charge is 0.416 e. The van der Waals surface area contributed by atoms with Gasteiger partial charge in [0.25, 0.3) is 0 Å². The Balaban J connectivity index is 1.68. The molecule has 8 heteroatoms. The topological polar surface area (TPSA) is 40.6 Å². The molecular weight excluding hydrogens is 377 g/mol. The summed E-state index contributed by atoms with van der Waals surface area (Å²) in [4.78, 5) is 2.09. The van der Waals surface area contributed by atoms with Gasteiger partial charge in [-0.05, 0) is 36.8 Å².